The Balaban J connectivity index is 0.00000392. The molecule has 160 valence electrons. The van der Waals surface area contributed by atoms with Gasteiger partial charge in [0, 0.05) is 37.4 Å². The molecule has 2 atom stereocenters. The molecule has 1 aliphatic rings. The van der Waals surface area contributed by atoms with Crippen LogP contribution in [-0.2, 0) is 4.74 Å². The van der Waals surface area contributed by atoms with Gasteiger partial charge in [-0.15, -0.1) is 24.0 Å². The Morgan fingerprint density at radius 3 is 2.54 bits per heavy atom. The van der Waals surface area contributed by atoms with Gasteiger partial charge in [-0.25, -0.2) is 0 Å². The van der Waals surface area contributed by atoms with Gasteiger partial charge < -0.3 is 24.8 Å². The number of hydrogen-bond acceptors (Lipinski definition) is 4. The van der Waals surface area contributed by atoms with Crippen LogP contribution in [0, 0.1) is 11.3 Å². The molecule has 2 unspecified atom stereocenters. The third-order valence-corrected chi connectivity index (χ3v) is 4.77. The number of rotatable bonds is 6. The van der Waals surface area contributed by atoms with Crippen molar-refractivity contribution in [3.8, 4) is 11.5 Å². The van der Waals surface area contributed by atoms with Crippen molar-refractivity contribution in [3.05, 3.63) is 18.2 Å². The maximum absolute atomic E-state index is 6.08. The Kier molecular flexibility index (Phi) is 10.4. The van der Waals surface area contributed by atoms with Crippen LogP contribution in [0.2, 0.25) is 0 Å². The summed E-state index contributed by atoms with van der Waals surface area (Å²) in [6.45, 7) is 11.2. The van der Waals surface area contributed by atoms with Gasteiger partial charge in [-0.3, -0.25) is 4.99 Å². The number of benzene rings is 1. The van der Waals surface area contributed by atoms with Gasteiger partial charge in [0.1, 0.15) is 0 Å². The minimum Gasteiger partial charge on any atom is -0.493 e. The average Bonchev–Trinajstić information content (AvgIpc) is 2.65. The normalized spacial score (nSPS) is 20.1. The van der Waals surface area contributed by atoms with Crippen LogP contribution in [0.1, 0.15) is 40.5 Å². The van der Waals surface area contributed by atoms with Gasteiger partial charge >= 0.3 is 0 Å². The second kappa shape index (κ2) is 11.7. The van der Waals surface area contributed by atoms with Crippen LogP contribution in [0.5, 0.6) is 11.5 Å². The van der Waals surface area contributed by atoms with Crippen LogP contribution in [0.3, 0.4) is 0 Å². The fraction of sp³-hybridized carbons (Fsp3) is 0.667. The Morgan fingerprint density at radius 2 is 1.93 bits per heavy atom. The van der Waals surface area contributed by atoms with Crippen LogP contribution in [-0.4, -0.2) is 46.0 Å². The zero-order chi connectivity index (χ0) is 19.9. The lowest BCUT2D eigenvalue weighted by atomic mass is 9.78. The molecule has 1 aromatic rings. The van der Waals surface area contributed by atoms with E-state index in [4.69, 9.17) is 19.2 Å². The summed E-state index contributed by atoms with van der Waals surface area (Å²) in [4.78, 5) is 4.84. The highest BCUT2D eigenvalue weighted by Crippen LogP contribution is 2.34. The van der Waals surface area contributed by atoms with Crippen molar-refractivity contribution >= 4 is 35.6 Å². The first kappa shape index (κ1) is 24.8. The van der Waals surface area contributed by atoms with Crippen molar-refractivity contribution in [2.24, 2.45) is 16.3 Å². The van der Waals surface area contributed by atoms with Crippen LogP contribution in [0.25, 0.3) is 0 Å². The largest absolute Gasteiger partial charge is 0.493 e. The van der Waals surface area contributed by atoms with Gasteiger partial charge in [-0.05, 0) is 37.3 Å². The van der Waals surface area contributed by atoms with Gasteiger partial charge in [-0.1, -0.05) is 20.8 Å². The molecule has 2 N–H and O–H groups in total. The van der Waals surface area contributed by atoms with E-state index in [9.17, 15) is 0 Å². The Bertz CT molecular complexity index is 632. The second-order valence-corrected chi connectivity index (χ2v) is 7.97. The van der Waals surface area contributed by atoms with E-state index >= 15 is 0 Å². The molecule has 0 radical (unpaired) electrons. The molecule has 1 aromatic carbocycles. The zero-order valence-corrected chi connectivity index (χ0v) is 20.3. The molecule has 0 spiro atoms. The molecule has 0 bridgehead atoms. The fourth-order valence-electron chi connectivity index (χ4n) is 3.55. The predicted molar refractivity (Wildman–Crippen MR) is 126 cm³/mol. The average molecular weight is 505 g/mol. The number of guanidine groups is 1. The molecular weight excluding hydrogens is 469 g/mol. The fourth-order valence-corrected chi connectivity index (χ4v) is 3.55. The highest BCUT2D eigenvalue weighted by molar-refractivity contribution is 14.0. The summed E-state index contributed by atoms with van der Waals surface area (Å²) in [5.74, 6) is 2.59. The molecule has 0 aliphatic carbocycles. The predicted octanol–water partition coefficient (Wildman–Crippen LogP) is 4.54. The number of anilines is 1. The van der Waals surface area contributed by atoms with E-state index in [0.29, 0.717) is 17.4 Å². The number of nitrogens with one attached hydrogen (secondary N) is 2. The van der Waals surface area contributed by atoms with Crippen LogP contribution in [0.4, 0.5) is 5.69 Å². The van der Waals surface area contributed by atoms with Gasteiger partial charge in [0.25, 0.3) is 0 Å². The van der Waals surface area contributed by atoms with E-state index < -0.39 is 0 Å². The molecule has 1 saturated heterocycles. The highest BCUT2D eigenvalue weighted by Gasteiger charge is 2.35. The minimum absolute atomic E-state index is 0. The van der Waals surface area contributed by atoms with E-state index in [1.807, 2.05) is 18.2 Å². The molecule has 0 saturated carbocycles. The maximum atomic E-state index is 6.08. The monoisotopic (exact) mass is 505 g/mol. The Labute approximate surface area is 186 Å². The van der Waals surface area contributed by atoms with Gasteiger partial charge in [0.05, 0.1) is 20.3 Å². The van der Waals surface area contributed by atoms with E-state index in [2.05, 4.69) is 38.3 Å². The molecule has 28 heavy (non-hydrogen) atoms. The van der Waals surface area contributed by atoms with Crippen molar-refractivity contribution in [1.82, 2.24) is 5.32 Å². The number of hydrogen-bond donors (Lipinski definition) is 2. The van der Waals surface area contributed by atoms with Crippen LogP contribution < -0.4 is 20.1 Å². The van der Waals surface area contributed by atoms with E-state index in [0.717, 1.165) is 44.2 Å². The summed E-state index contributed by atoms with van der Waals surface area (Å²) in [5, 5.41) is 6.68. The lowest BCUT2D eigenvalue weighted by Crippen LogP contribution is -2.42. The minimum atomic E-state index is 0. The quantitative estimate of drug-likeness (QED) is 0.338. The number of methoxy groups -OCH3 is 2. The third-order valence-electron chi connectivity index (χ3n) is 4.77. The summed E-state index contributed by atoms with van der Waals surface area (Å²) in [7, 11) is 3.27. The summed E-state index contributed by atoms with van der Waals surface area (Å²) >= 11 is 0. The first-order valence-electron chi connectivity index (χ1n) is 9.78. The SMILES string of the molecule is CCNC(=NCC1CCCOC1C(C)(C)C)Nc1ccc(OC)c(OC)c1.I. The summed E-state index contributed by atoms with van der Waals surface area (Å²) < 4.78 is 16.8. The van der Waals surface area contributed by atoms with Gasteiger partial charge in [-0.2, -0.15) is 0 Å². The summed E-state index contributed by atoms with van der Waals surface area (Å²) in [6.07, 6.45) is 2.49. The Hall–Kier alpha value is -1.22. The third kappa shape index (κ3) is 6.99. The van der Waals surface area contributed by atoms with E-state index in [1.165, 1.54) is 0 Å². The van der Waals surface area contributed by atoms with Crippen LogP contribution in [0.15, 0.2) is 23.2 Å². The molecule has 1 aliphatic heterocycles. The highest BCUT2D eigenvalue weighted by atomic mass is 127. The van der Waals surface area contributed by atoms with Gasteiger partial charge in [0.15, 0.2) is 17.5 Å². The second-order valence-electron chi connectivity index (χ2n) is 7.97. The lowest BCUT2D eigenvalue weighted by Gasteiger charge is -2.39. The van der Waals surface area contributed by atoms with Crippen molar-refractivity contribution in [3.63, 3.8) is 0 Å². The molecule has 2 rings (SSSR count). The van der Waals surface area contributed by atoms with Crippen molar-refractivity contribution in [1.29, 1.82) is 0 Å². The smallest absolute Gasteiger partial charge is 0.195 e. The van der Waals surface area contributed by atoms with Crippen molar-refractivity contribution < 1.29 is 14.2 Å². The summed E-state index contributed by atoms with van der Waals surface area (Å²) in [5.41, 5.74) is 1.02. The molecule has 0 aromatic heterocycles. The zero-order valence-electron chi connectivity index (χ0n) is 18.0. The number of nitrogens with zero attached hydrogens (tertiary/aromatic N) is 1. The Morgan fingerprint density at radius 1 is 1.21 bits per heavy atom. The first-order chi connectivity index (χ1) is 12.9. The van der Waals surface area contributed by atoms with Crippen molar-refractivity contribution in [2.75, 3.05) is 39.2 Å². The molecule has 7 heteroatoms. The van der Waals surface area contributed by atoms with E-state index in [-0.39, 0.29) is 35.5 Å². The molecular formula is C21H36IN3O3. The lowest BCUT2D eigenvalue weighted by molar-refractivity contribution is -0.0823. The first-order valence-corrected chi connectivity index (χ1v) is 9.78. The maximum Gasteiger partial charge on any atom is 0.195 e. The number of ether oxygens (including phenoxy) is 3. The molecule has 1 fully saturated rings. The molecule has 0 amide bonds. The standard InChI is InChI=1S/C21H35N3O3.HI/c1-7-22-20(24-16-10-11-17(25-5)18(13-16)26-6)23-14-15-9-8-12-27-19(15)21(2,3)4;/h10-11,13,15,19H,7-9,12,14H2,1-6H3,(H2,22,23,24);1H. The molecule has 1 heterocycles. The summed E-state index contributed by atoms with van der Waals surface area (Å²) in [6, 6.07) is 5.75. The molecule has 6 nitrogen and oxygen atoms in total. The number of halogens is 1. The van der Waals surface area contributed by atoms with Crippen LogP contribution >= 0.6 is 24.0 Å². The van der Waals surface area contributed by atoms with E-state index in [1.54, 1.807) is 14.2 Å². The van der Waals surface area contributed by atoms with Gasteiger partial charge in [0.2, 0.25) is 0 Å². The topological polar surface area (TPSA) is 64.1 Å². The number of aliphatic imine (C=N–C) groups is 1. The van der Waals surface area contributed by atoms with Crippen molar-refractivity contribution in [2.45, 2.75) is 46.6 Å².